The van der Waals surface area contributed by atoms with E-state index in [-0.39, 0.29) is 23.5 Å². The summed E-state index contributed by atoms with van der Waals surface area (Å²) in [4.78, 5) is 34.2. The lowest BCUT2D eigenvalue weighted by Crippen LogP contribution is -2.60. The largest absolute Gasteiger partial charge is 0.305 e. The molecule has 39 heavy (non-hydrogen) atoms. The molecule has 9 nitrogen and oxygen atoms in total. The maximum absolute atomic E-state index is 13.5. The zero-order valence-electron chi connectivity index (χ0n) is 21.2. The van der Waals surface area contributed by atoms with Gasteiger partial charge in [0.25, 0.3) is 12.1 Å². The molecule has 196 valence electrons. The number of carbonyl (C=O) groups excluding carboxylic acids is 2. The number of hydrogen-bond donors (Lipinski definition) is 1. The fourth-order valence-electron chi connectivity index (χ4n) is 4.73. The highest BCUT2D eigenvalue weighted by atomic mass is 32.2. The molecule has 6 rings (SSSR count). The Morgan fingerprint density at radius 3 is 2.62 bits per heavy atom. The van der Waals surface area contributed by atoms with Gasteiger partial charge in [-0.05, 0) is 53.8 Å². The van der Waals surface area contributed by atoms with Gasteiger partial charge in [-0.25, -0.2) is 4.99 Å². The molecule has 3 aromatic carbocycles. The maximum atomic E-state index is 13.5. The van der Waals surface area contributed by atoms with Crippen molar-refractivity contribution in [3.05, 3.63) is 90.3 Å². The van der Waals surface area contributed by atoms with E-state index in [2.05, 4.69) is 20.6 Å². The lowest BCUT2D eigenvalue weighted by molar-refractivity contribution is -0.759. The molecule has 1 fully saturated rings. The number of thioether (sulfide) groups is 1. The minimum absolute atomic E-state index is 0.0431. The molecule has 0 radical (unpaired) electrons. The Labute approximate surface area is 229 Å². The van der Waals surface area contributed by atoms with E-state index in [1.165, 1.54) is 18.2 Å². The molecule has 0 spiro atoms. The van der Waals surface area contributed by atoms with Crippen LogP contribution in [0.5, 0.6) is 0 Å². The lowest BCUT2D eigenvalue weighted by Gasteiger charge is -2.17. The molecule has 1 saturated heterocycles. The van der Waals surface area contributed by atoms with Gasteiger partial charge in [-0.2, -0.15) is 5.01 Å². The van der Waals surface area contributed by atoms with Gasteiger partial charge in [-0.3, -0.25) is 24.3 Å². The number of rotatable bonds is 6. The van der Waals surface area contributed by atoms with Crippen LogP contribution >= 0.6 is 11.8 Å². The highest BCUT2D eigenvalue weighted by Gasteiger charge is 2.32. The van der Waals surface area contributed by atoms with Crippen LogP contribution in [0.2, 0.25) is 0 Å². The SMILES string of the molecule is O=C(CSC1=N/C(=C/c2cccc3ccccc23)C(=O)N1c1ccccc1)Nc1c[n+](N2CCCCC2)no1. The quantitative estimate of drug-likeness (QED) is 0.289. The predicted octanol–water partition coefficient (Wildman–Crippen LogP) is 4.35. The molecule has 3 heterocycles. The van der Waals surface area contributed by atoms with Crippen molar-refractivity contribution in [2.45, 2.75) is 19.3 Å². The van der Waals surface area contributed by atoms with Crippen LogP contribution in [-0.2, 0) is 9.59 Å². The zero-order valence-corrected chi connectivity index (χ0v) is 22.0. The monoisotopic (exact) mass is 539 g/mol. The van der Waals surface area contributed by atoms with Crippen LogP contribution in [0.3, 0.4) is 0 Å². The van der Waals surface area contributed by atoms with Crippen molar-refractivity contribution in [2.24, 2.45) is 4.99 Å². The van der Waals surface area contributed by atoms with E-state index in [0.29, 0.717) is 16.6 Å². The van der Waals surface area contributed by atoms with Crippen molar-refractivity contribution in [3.8, 4) is 0 Å². The number of aromatic nitrogens is 2. The summed E-state index contributed by atoms with van der Waals surface area (Å²) in [5.41, 5.74) is 1.91. The van der Waals surface area contributed by atoms with Gasteiger partial charge in [0.05, 0.1) is 29.3 Å². The summed E-state index contributed by atoms with van der Waals surface area (Å²) in [6.45, 7) is 1.80. The van der Waals surface area contributed by atoms with Crippen molar-refractivity contribution in [2.75, 3.05) is 34.1 Å². The molecule has 0 unspecified atom stereocenters. The fraction of sp³-hybridized carbons (Fsp3) is 0.207. The lowest BCUT2D eigenvalue weighted by atomic mass is 10.0. The van der Waals surface area contributed by atoms with Crippen LogP contribution in [0.15, 0.2) is 94.2 Å². The maximum Gasteiger partial charge on any atom is 0.305 e. The summed E-state index contributed by atoms with van der Waals surface area (Å²) in [5, 5.41) is 11.4. The molecular weight excluding hydrogens is 512 g/mol. The van der Waals surface area contributed by atoms with E-state index in [1.807, 2.05) is 78.9 Å². The molecule has 1 N–H and O–H groups in total. The van der Waals surface area contributed by atoms with Crippen molar-refractivity contribution in [1.82, 2.24) is 5.27 Å². The van der Waals surface area contributed by atoms with Gasteiger partial charge >= 0.3 is 5.88 Å². The van der Waals surface area contributed by atoms with Crippen LogP contribution in [0, 0.1) is 0 Å². The molecular formula is C29H27N6O3S+. The summed E-state index contributed by atoms with van der Waals surface area (Å²) in [5.74, 6) is -0.208. The van der Waals surface area contributed by atoms with Gasteiger partial charge in [-0.1, -0.05) is 72.4 Å². The molecule has 2 aliphatic rings. The standard InChI is InChI=1S/C29H26N6O3S/c36-26(31-27-19-34(32-38-27)33-16-7-2-8-17-33)20-39-29-30-25(28(37)35(29)23-13-3-1-4-14-23)18-22-12-9-11-21-10-5-6-15-24(21)22/h1,3-6,9-15,18-19H,2,7-8,16-17,20H2/p+1/b25-18+. The average Bonchev–Trinajstić information content (AvgIpc) is 3.57. The van der Waals surface area contributed by atoms with Crippen LogP contribution in [0.4, 0.5) is 11.6 Å². The van der Waals surface area contributed by atoms with E-state index in [4.69, 9.17) is 4.52 Å². The van der Waals surface area contributed by atoms with Gasteiger partial charge in [0.15, 0.2) is 5.17 Å². The molecule has 0 atom stereocenters. The highest BCUT2D eigenvalue weighted by Crippen LogP contribution is 2.30. The molecule has 2 amide bonds. The third-order valence-electron chi connectivity index (χ3n) is 6.63. The minimum Gasteiger partial charge on any atom is -0.288 e. The Balaban J connectivity index is 1.21. The molecule has 1 aromatic heterocycles. The summed E-state index contributed by atoms with van der Waals surface area (Å²) < 4.78 is 5.31. The summed E-state index contributed by atoms with van der Waals surface area (Å²) in [7, 11) is 0. The number of benzene rings is 3. The number of para-hydroxylation sites is 1. The number of nitrogens with zero attached hydrogens (tertiary/aromatic N) is 5. The van der Waals surface area contributed by atoms with E-state index in [0.717, 1.165) is 42.3 Å². The fourth-order valence-corrected chi connectivity index (χ4v) is 5.55. The molecule has 2 aliphatic heterocycles. The number of anilines is 2. The first-order valence-electron chi connectivity index (χ1n) is 12.9. The van der Waals surface area contributed by atoms with Crippen molar-refractivity contribution >= 4 is 57.2 Å². The predicted molar refractivity (Wildman–Crippen MR) is 153 cm³/mol. The molecule has 0 aliphatic carbocycles. The van der Waals surface area contributed by atoms with Crippen molar-refractivity contribution in [3.63, 3.8) is 0 Å². The number of aliphatic imine (C=N–C) groups is 1. The van der Waals surface area contributed by atoms with Crippen LogP contribution < -0.4 is 20.0 Å². The third-order valence-corrected chi connectivity index (χ3v) is 7.57. The minimum atomic E-state index is -0.281. The highest BCUT2D eigenvalue weighted by molar-refractivity contribution is 8.14. The van der Waals surface area contributed by atoms with Crippen molar-refractivity contribution in [1.29, 1.82) is 0 Å². The van der Waals surface area contributed by atoms with Crippen LogP contribution in [0.1, 0.15) is 24.8 Å². The Bertz CT molecular complexity index is 1570. The topological polar surface area (TPSA) is 94.9 Å². The molecule has 10 heteroatoms. The Hall–Kier alpha value is -4.44. The number of nitrogens with one attached hydrogen (secondary N) is 1. The first-order valence-corrected chi connectivity index (χ1v) is 13.9. The van der Waals surface area contributed by atoms with E-state index in [1.54, 1.807) is 15.9 Å². The number of amides is 2. The second-order valence-corrected chi connectivity index (χ2v) is 10.2. The Morgan fingerprint density at radius 1 is 1.00 bits per heavy atom. The molecule has 0 saturated carbocycles. The van der Waals surface area contributed by atoms with Gasteiger partial charge in [-0.15, -0.1) is 0 Å². The van der Waals surface area contributed by atoms with Crippen LogP contribution in [0.25, 0.3) is 16.8 Å². The number of amidine groups is 1. The smallest absolute Gasteiger partial charge is 0.288 e. The van der Waals surface area contributed by atoms with Gasteiger partial charge in [0.1, 0.15) is 5.70 Å². The molecule has 0 bridgehead atoms. The first-order chi connectivity index (χ1) is 19.2. The van der Waals surface area contributed by atoms with Gasteiger partial charge < -0.3 is 0 Å². The first kappa shape index (κ1) is 24.9. The zero-order chi connectivity index (χ0) is 26.6. The molecule has 4 aromatic rings. The number of hydrogen-bond acceptors (Lipinski definition) is 7. The van der Waals surface area contributed by atoms with Gasteiger partial charge in [0, 0.05) is 0 Å². The number of piperidine rings is 1. The van der Waals surface area contributed by atoms with Crippen molar-refractivity contribution < 1.29 is 18.9 Å². The Morgan fingerprint density at radius 2 is 1.77 bits per heavy atom. The van der Waals surface area contributed by atoms with Crippen LogP contribution in [-0.4, -0.2) is 41.1 Å². The summed E-state index contributed by atoms with van der Waals surface area (Å²) in [6, 6.07) is 23.3. The summed E-state index contributed by atoms with van der Waals surface area (Å²) in [6.07, 6.45) is 6.90. The summed E-state index contributed by atoms with van der Waals surface area (Å²) >= 11 is 1.19. The number of fused-ring (bicyclic) bond motifs is 1. The normalized spacial score (nSPS) is 16.7. The van der Waals surface area contributed by atoms with E-state index in [9.17, 15) is 9.59 Å². The van der Waals surface area contributed by atoms with Gasteiger partial charge in [0.2, 0.25) is 11.2 Å². The third kappa shape index (κ3) is 5.42. The Kier molecular flexibility index (Phi) is 7.09. The van der Waals surface area contributed by atoms with E-state index < -0.39 is 0 Å². The number of carbonyl (C=O) groups is 2. The second-order valence-electron chi connectivity index (χ2n) is 9.31. The average molecular weight is 540 g/mol. The second kappa shape index (κ2) is 11.1. The van der Waals surface area contributed by atoms with E-state index >= 15 is 0 Å².